The number of aromatic nitrogens is 2. The van der Waals surface area contributed by atoms with Gasteiger partial charge >= 0.3 is 0 Å². The zero-order valence-electron chi connectivity index (χ0n) is 12.9. The van der Waals surface area contributed by atoms with Gasteiger partial charge in [-0.3, -0.25) is 4.68 Å². The lowest BCUT2D eigenvalue weighted by atomic mass is 9.49. The Kier molecular flexibility index (Phi) is 6.10. The summed E-state index contributed by atoms with van der Waals surface area (Å²) in [7, 11) is 6.60. The second-order valence-corrected chi connectivity index (χ2v) is 6.34. The van der Waals surface area contributed by atoms with Crippen LogP contribution in [0.5, 0.6) is 0 Å². The maximum Gasteiger partial charge on any atom is 0.116 e. The van der Waals surface area contributed by atoms with Gasteiger partial charge in [-0.05, 0) is 29.6 Å². The molecule has 0 amide bonds. The molecule has 98 valence electrons. The van der Waals surface area contributed by atoms with Crippen molar-refractivity contribution in [3.8, 4) is 0 Å². The number of hydrogen-bond acceptors (Lipinski definition) is 1. The Morgan fingerprint density at radius 2 is 1.94 bits per heavy atom. The van der Waals surface area contributed by atoms with E-state index in [1.54, 1.807) is 0 Å². The molecule has 2 nitrogen and oxygen atoms in total. The van der Waals surface area contributed by atoms with Gasteiger partial charge in [0, 0.05) is 6.20 Å². The van der Waals surface area contributed by atoms with E-state index in [0.717, 1.165) is 0 Å². The third-order valence-electron chi connectivity index (χ3n) is 3.66. The molecule has 0 saturated heterocycles. The Morgan fingerprint density at radius 1 is 1.22 bits per heavy atom. The molecule has 1 unspecified atom stereocenters. The summed E-state index contributed by atoms with van der Waals surface area (Å²) < 4.78 is 2.09. The first kappa shape index (κ1) is 15.5. The maximum atomic E-state index is 4.52. The van der Waals surface area contributed by atoms with Crippen LogP contribution in [0.2, 0.25) is 0 Å². The predicted molar refractivity (Wildman–Crippen MR) is 87.6 cm³/mol. The van der Waals surface area contributed by atoms with Crippen LogP contribution >= 0.6 is 0 Å². The van der Waals surface area contributed by atoms with Gasteiger partial charge in [-0.15, -0.1) is 0 Å². The zero-order chi connectivity index (χ0) is 13.6. The van der Waals surface area contributed by atoms with Crippen molar-refractivity contribution in [1.82, 2.24) is 9.78 Å². The Morgan fingerprint density at radius 3 is 2.44 bits per heavy atom. The van der Waals surface area contributed by atoms with Crippen molar-refractivity contribution in [3.63, 3.8) is 0 Å². The van der Waals surface area contributed by atoms with E-state index in [9.17, 15) is 0 Å². The summed E-state index contributed by atoms with van der Waals surface area (Å²) in [5.41, 5.74) is 1.42. The van der Waals surface area contributed by atoms with Gasteiger partial charge in [0.15, 0.2) is 0 Å². The first-order valence-corrected chi connectivity index (χ1v) is 7.54. The minimum Gasteiger partial charge on any atom is -0.290 e. The van der Waals surface area contributed by atoms with Crippen LogP contribution < -0.4 is 0 Å². The highest BCUT2D eigenvalue weighted by Crippen LogP contribution is 2.26. The molecule has 0 N–H and O–H groups in total. The van der Waals surface area contributed by atoms with Gasteiger partial charge in [-0.25, -0.2) is 0 Å². The lowest BCUT2D eigenvalue weighted by Gasteiger charge is -2.19. The lowest BCUT2D eigenvalue weighted by Crippen LogP contribution is -2.35. The fourth-order valence-corrected chi connectivity index (χ4v) is 2.34. The molecular formula is C13H27B3N2. The minimum absolute atomic E-state index is 0.0960. The van der Waals surface area contributed by atoms with Gasteiger partial charge in [-0.1, -0.05) is 39.5 Å². The molecule has 0 aliphatic heterocycles. The highest BCUT2D eigenvalue weighted by molar-refractivity contribution is 6.56. The molecule has 5 heteroatoms. The topological polar surface area (TPSA) is 17.8 Å². The Labute approximate surface area is 115 Å². The van der Waals surface area contributed by atoms with Crippen molar-refractivity contribution in [2.45, 2.75) is 63.5 Å². The van der Waals surface area contributed by atoms with E-state index < -0.39 is 0 Å². The number of nitrogens with zero attached hydrogens (tertiary/aromatic N) is 2. The Balaban J connectivity index is 2.57. The largest absolute Gasteiger partial charge is 0.290 e. The van der Waals surface area contributed by atoms with Gasteiger partial charge < -0.3 is 0 Å². The minimum atomic E-state index is 0.0960. The second-order valence-electron chi connectivity index (χ2n) is 6.34. The van der Waals surface area contributed by atoms with Crippen LogP contribution in [0.25, 0.3) is 0 Å². The van der Waals surface area contributed by atoms with Crippen LogP contribution in [0.3, 0.4) is 0 Å². The van der Waals surface area contributed by atoms with Crippen LogP contribution in [0.15, 0.2) is 12.4 Å². The van der Waals surface area contributed by atoms with E-state index in [1.165, 1.54) is 44.1 Å². The molecule has 0 saturated carbocycles. The average molecular weight is 244 g/mol. The van der Waals surface area contributed by atoms with Crippen LogP contribution in [0, 0.1) is 0 Å². The van der Waals surface area contributed by atoms with Gasteiger partial charge in [0.1, 0.15) is 23.5 Å². The summed E-state index contributed by atoms with van der Waals surface area (Å²) in [6.45, 7) is 4.56. The number of rotatable bonds is 8. The molecule has 1 atom stereocenters. The van der Waals surface area contributed by atoms with Crippen LogP contribution in [0.1, 0.15) is 63.9 Å². The first-order valence-electron chi connectivity index (χ1n) is 7.54. The van der Waals surface area contributed by atoms with Gasteiger partial charge in [0.25, 0.3) is 0 Å². The molecule has 0 fully saturated rings. The average Bonchev–Trinajstić information content (AvgIpc) is 2.78. The number of hydrogen-bond donors (Lipinski definition) is 0. The quantitative estimate of drug-likeness (QED) is 0.488. The van der Waals surface area contributed by atoms with E-state index >= 15 is 0 Å². The highest BCUT2D eigenvalue weighted by atomic mass is 15.3. The highest BCUT2D eigenvalue weighted by Gasteiger charge is 2.17. The van der Waals surface area contributed by atoms with Crippen molar-refractivity contribution in [2.24, 2.45) is 0 Å². The molecule has 1 rings (SSSR count). The molecule has 0 aromatic carbocycles. The molecule has 18 heavy (non-hydrogen) atoms. The Bertz CT molecular complexity index is 344. The van der Waals surface area contributed by atoms with Crippen molar-refractivity contribution < 1.29 is 0 Å². The first-order chi connectivity index (χ1) is 8.49. The van der Waals surface area contributed by atoms with Gasteiger partial charge in [0.2, 0.25) is 0 Å². The fourth-order valence-electron chi connectivity index (χ4n) is 2.34. The third kappa shape index (κ3) is 4.58. The van der Waals surface area contributed by atoms with Crippen molar-refractivity contribution >= 4 is 23.5 Å². The fraction of sp³-hybridized carbons (Fsp3) is 0.769. The summed E-state index contributed by atoms with van der Waals surface area (Å²) in [6.07, 6.45) is 12.3. The second kappa shape index (κ2) is 7.11. The van der Waals surface area contributed by atoms with Crippen LogP contribution in [-0.4, -0.2) is 33.3 Å². The number of unbranched alkanes of at least 4 members (excludes halogenated alkanes) is 3. The Hall–Kier alpha value is -0.595. The third-order valence-corrected chi connectivity index (χ3v) is 3.66. The van der Waals surface area contributed by atoms with Crippen LogP contribution in [0.4, 0.5) is 0 Å². The molecule has 0 aliphatic carbocycles. The summed E-state index contributed by atoms with van der Waals surface area (Å²) in [4.78, 5) is 0. The van der Waals surface area contributed by atoms with E-state index in [1.807, 2.05) is 0 Å². The van der Waals surface area contributed by atoms with Crippen molar-refractivity contribution in [2.75, 3.05) is 0 Å². The molecule has 0 spiro atoms. The molecule has 0 radical (unpaired) electrons. The van der Waals surface area contributed by atoms with Gasteiger partial charge in [-0.2, -0.15) is 5.10 Å². The predicted octanol–water partition coefficient (Wildman–Crippen LogP) is 0.814. The lowest BCUT2D eigenvalue weighted by molar-refractivity contribution is 0.542. The maximum absolute atomic E-state index is 4.52. The molecule has 0 bridgehead atoms. The van der Waals surface area contributed by atoms with E-state index in [0.29, 0.717) is 5.92 Å². The van der Waals surface area contributed by atoms with Gasteiger partial charge in [0.05, 0.1) is 6.20 Å². The summed E-state index contributed by atoms with van der Waals surface area (Å²) in [5.74, 6) is 0.693. The summed E-state index contributed by atoms with van der Waals surface area (Å²) >= 11 is 0. The normalized spacial score (nSPS) is 13.7. The molecule has 1 heterocycles. The van der Waals surface area contributed by atoms with Crippen molar-refractivity contribution in [1.29, 1.82) is 0 Å². The summed E-state index contributed by atoms with van der Waals surface area (Å²) in [5, 5.41) is 4.61. The zero-order valence-corrected chi connectivity index (χ0v) is 12.9. The monoisotopic (exact) mass is 244 g/mol. The van der Waals surface area contributed by atoms with Crippen LogP contribution in [-0.2, 0) is 5.24 Å². The van der Waals surface area contributed by atoms with E-state index in [-0.39, 0.29) is 5.24 Å². The molecule has 0 aliphatic rings. The molecule has 1 aromatic heterocycles. The smallest absolute Gasteiger partial charge is 0.116 e. The van der Waals surface area contributed by atoms with E-state index in [2.05, 4.69) is 59.6 Å². The SMILES string of the molecule is BC(B)(B)n1cc(C(CC)CCCCCC)cn1. The van der Waals surface area contributed by atoms with Crippen molar-refractivity contribution in [3.05, 3.63) is 18.0 Å². The molecular weight excluding hydrogens is 217 g/mol. The molecule has 1 aromatic rings. The summed E-state index contributed by atoms with van der Waals surface area (Å²) in [6, 6.07) is 0. The standard InChI is InChI=1S/C13H27B3N2/c1-3-5-6-7-8-11(4-2)12-9-17-18(10-12)13(14,15)16/h9-11H,3-8,14-16H2,1-2H3. The van der Waals surface area contributed by atoms with E-state index in [4.69, 9.17) is 0 Å².